The van der Waals surface area contributed by atoms with Gasteiger partial charge in [0.1, 0.15) is 11.6 Å². The number of anilines is 1. The van der Waals surface area contributed by atoms with Crippen LogP contribution in [0.15, 0.2) is 30.6 Å². The molecule has 2 aromatic rings. The van der Waals surface area contributed by atoms with Gasteiger partial charge in [-0.2, -0.15) is 0 Å². The lowest BCUT2D eigenvalue weighted by molar-refractivity contribution is 0.475. The second-order valence-corrected chi connectivity index (χ2v) is 3.09. The maximum Gasteiger partial charge on any atom is 0.117 e. The monoisotopic (exact) mass is 189 g/mol. The summed E-state index contributed by atoms with van der Waals surface area (Å²) in [5, 5.41) is 9.34. The van der Waals surface area contributed by atoms with Gasteiger partial charge in [0.15, 0.2) is 0 Å². The van der Waals surface area contributed by atoms with Crippen LogP contribution in [0.25, 0.3) is 5.69 Å². The summed E-state index contributed by atoms with van der Waals surface area (Å²) < 4.78 is 1.83. The summed E-state index contributed by atoms with van der Waals surface area (Å²) in [6.45, 7) is 1.88. The molecule has 3 N–H and O–H groups in total. The van der Waals surface area contributed by atoms with E-state index in [1.165, 1.54) is 0 Å². The molecule has 0 spiro atoms. The van der Waals surface area contributed by atoms with Crippen molar-refractivity contribution >= 4 is 5.69 Å². The minimum Gasteiger partial charge on any atom is -0.508 e. The maximum absolute atomic E-state index is 9.34. The number of nitrogens with zero attached hydrogens (tertiary/aromatic N) is 2. The van der Waals surface area contributed by atoms with Gasteiger partial charge in [0.2, 0.25) is 0 Å². The van der Waals surface area contributed by atoms with Crippen LogP contribution in [0.4, 0.5) is 5.69 Å². The van der Waals surface area contributed by atoms with Crippen LogP contribution < -0.4 is 5.73 Å². The molecule has 72 valence electrons. The molecule has 0 saturated heterocycles. The van der Waals surface area contributed by atoms with E-state index in [4.69, 9.17) is 5.73 Å². The number of phenolic OH excluding ortho intramolecular Hbond substituents is 1. The van der Waals surface area contributed by atoms with E-state index >= 15 is 0 Å². The van der Waals surface area contributed by atoms with Gasteiger partial charge >= 0.3 is 0 Å². The molecule has 0 amide bonds. The lowest BCUT2D eigenvalue weighted by Gasteiger charge is -2.08. The summed E-state index contributed by atoms with van der Waals surface area (Å²) in [5.41, 5.74) is 7.15. The molecule has 1 heterocycles. The van der Waals surface area contributed by atoms with Gasteiger partial charge < -0.3 is 15.4 Å². The number of phenols is 1. The number of aryl methyl sites for hydroxylation is 1. The van der Waals surface area contributed by atoms with Gasteiger partial charge in [-0.05, 0) is 19.1 Å². The average molecular weight is 189 g/mol. The number of hydrogen-bond donors (Lipinski definition) is 2. The molecular formula is C10H11N3O. The Labute approximate surface area is 81.6 Å². The van der Waals surface area contributed by atoms with Crippen molar-refractivity contribution in [2.24, 2.45) is 0 Å². The molecule has 4 heteroatoms. The Morgan fingerprint density at radius 2 is 2.21 bits per heavy atom. The van der Waals surface area contributed by atoms with Gasteiger partial charge in [-0.15, -0.1) is 0 Å². The van der Waals surface area contributed by atoms with Crippen molar-refractivity contribution in [3.05, 3.63) is 36.4 Å². The summed E-state index contributed by atoms with van der Waals surface area (Å²) in [6, 6.07) is 4.85. The maximum atomic E-state index is 9.34. The van der Waals surface area contributed by atoms with Gasteiger partial charge in [-0.25, -0.2) is 4.98 Å². The zero-order chi connectivity index (χ0) is 10.1. The summed E-state index contributed by atoms with van der Waals surface area (Å²) in [4.78, 5) is 4.09. The second-order valence-electron chi connectivity index (χ2n) is 3.09. The third-order valence-corrected chi connectivity index (χ3v) is 2.10. The predicted octanol–water partition coefficient (Wildman–Crippen LogP) is 1.47. The second kappa shape index (κ2) is 3.06. The van der Waals surface area contributed by atoms with Gasteiger partial charge in [-0.1, -0.05) is 0 Å². The van der Waals surface area contributed by atoms with E-state index in [1.807, 2.05) is 11.5 Å². The molecule has 0 aliphatic heterocycles. The Morgan fingerprint density at radius 1 is 1.43 bits per heavy atom. The fourth-order valence-corrected chi connectivity index (χ4v) is 1.37. The predicted molar refractivity (Wildman–Crippen MR) is 54.4 cm³/mol. The van der Waals surface area contributed by atoms with Gasteiger partial charge in [0, 0.05) is 18.5 Å². The van der Waals surface area contributed by atoms with E-state index < -0.39 is 0 Å². The lowest BCUT2D eigenvalue weighted by atomic mass is 10.2. The van der Waals surface area contributed by atoms with Crippen LogP contribution in [-0.2, 0) is 0 Å². The van der Waals surface area contributed by atoms with Crippen LogP contribution in [0.1, 0.15) is 5.82 Å². The third kappa shape index (κ3) is 1.31. The van der Waals surface area contributed by atoms with Crippen molar-refractivity contribution in [1.29, 1.82) is 0 Å². The number of nitrogen functional groups attached to an aromatic ring is 1. The smallest absolute Gasteiger partial charge is 0.117 e. The first-order valence-electron chi connectivity index (χ1n) is 4.27. The normalized spacial score (nSPS) is 10.4. The van der Waals surface area contributed by atoms with Crippen LogP contribution in [0.5, 0.6) is 5.75 Å². The first-order chi connectivity index (χ1) is 6.68. The largest absolute Gasteiger partial charge is 0.508 e. The Bertz CT molecular complexity index is 462. The minimum atomic E-state index is 0.197. The van der Waals surface area contributed by atoms with Gasteiger partial charge in [0.25, 0.3) is 0 Å². The van der Waals surface area contributed by atoms with Crippen molar-refractivity contribution in [2.75, 3.05) is 5.73 Å². The number of hydrogen-bond acceptors (Lipinski definition) is 3. The molecule has 0 radical (unpaired) electrons. The molecule has 0 unspecified atom stereocenters. The molecule has 0 saturated carbocycles. The van der Waals surface area contributed by atoms with Crippen LogP contribution >= 0.6 is 0 Å². The highest BCUT2D eigenvalue weighted by atomic mass is 16.3. The molecule has 1 aromatic carbocycles. The molecule has 0 aliphatic carbocycles. The topological polar surface area (TPSA) is 64.1 Å². The van der Waals surface area contributed by atoms with Crippen molar-refractivity contribution < 1.29 is 5.11 Å². The fourth-order valence-electron chi connectivity index (χ4n) is 1.37. The molecule has 0 fully saturated rings. The van der Waals surface area contributed by atoms with E-state index in [0.29, 0.717) is 5.69 Å². The highest BCUT2D eigenvalue weighted by Gasteiger charge is 2.04. The lowest BCUT2D eigenvalue weighted by Crippen LogP contribution is -2.00. The Hall–Kier alpha value is -1.97. The van der Waals surface area contributed by atoms with E-state index in [1.54, 1.807) is 30.6 Å². The highest BCUT2D eigenvalue weighted by Crippen LogP contribution is 2.23. The van der Waals surface area contributed by atoms with Gasteiger partial charge in [-0.3, -0.25) is 0 Å². The summed E-state index contributed by atoms with van der Waals surface area (Å²) in [5.74, 6) is 1.03. The van der Waals surface area contributed by atoms with E-state index in [-0.39, 0.29) is 5.75 Å². The molecule has 0 bridgehead atoms. The van der Waals surface area contributed by atoms with Crippen LogP contribution in [0.2, 0.25) is 0 Å². The zero-order valence-corrected chi connectivity index (χ0v) is 7.81. The van der Waals surface area contributed by atoms with E-state index in [0.717, 1.165) is 11.5 Å². The summed E-state index contributed by atoms with van der Waals surface area (Å²) in [6.07, 6.45) is 3.50. The highest BCUT2D eigenvalue weighted by molar-refractivity contribution is 5.60. The standard InChI is InChI=1S/C10H11N3O/c1-7-12-4-5-13(7)10-6-8(14)2-3-9(10)11/h2-6,14H,11H2,1H3. The molecule has 0 aliphatic rings. The Balaban J connectivity index is 2.62. The molecule has 2 rings (SSSR count). The van der Waals surface area contributed by atoms with Crippen molar-refractivity contribution in [3.8, 4) is 11.4 Å². The number of imidazole rings is 1. The van der Waals surface area contributed by atoms with Crippen molar-refractivity contribution in [1.82, 2.24) is 9.55 Å². The first-order valence-corrected chi connectivity index (χ1v) is 4.27. The quantitative estimate of drug-likeness (QED) is 0.527. The number of benzene rings is 1. The summed E-state index contributed by atoms with van der Waals surface area (Å²) in [7, 11) is 0. The number of aromatic hydroxyl groups is 1. The molecular weight excluding hydrogens is 178 g/mol. The SMILES string of the molecule is Cc1nccn1-c1cc(O)ccc1N. The van der Waals surface area contributed by atoms with Crippen molar-refractivity contribution in [2.45, 2.75) is 6.92 Å². The molecule has 14 heavy (non-hydrogen) atoms. The van der Waals surface area contributed by atoms with Crippen LogP contribution in [-0.4, -0.2) is 14.7 Å². The van der Waals surface area contributed by atoms with E-state index in [2.05, 4.69) is 4.98 Å². The molecule has 0 atom stereocenters. The minimum absolute atomic E-state index is 0.197. The third-order valence-electron chi connectivity index (χ3n) is 2.10. The Morgan fingerprint density at radius 3 is 2.86 bits per heavy atom. The number of nitrogens with two attached hydrogens (primary N) is 1. The average Bonchev–Trinajstić information content (AvgIpc) is 2.56. The summed E-state index contributed by atoms with van der Waals surface area (Å²) >= 11 is 0. The number of rotatable bonds is 1. The van der Waals surface area contributed by atoms with Crippen molar-refractivity contribution in [3.63, 3.8) is 0 Å². The Kier molecular flexibility index (Phi) is 1.89. The number of aromatic nitrogens is 2. The van der Waals surface area contributed by atoms with Crippen LogP contribution in [0.3, 0.4) is 0 Å². The fraction of sp³-hybridized carbons (Fsp3) is 0.100. The zero-order valence-electron chi connectivity index (χ0n) is 7.81. The van der Waals surface area contributed by atoms with Crippen LogP contribution in [0, 0.1) is 6.92 Å². The van der Waals surface area contributed by atoms with Gasteiger partial charge in [0.05, 0.1) is 11.4 Å². The molecule has 4 nitrogen and oxygen atoms in total. The van der Waals surface area contributed by atoms with E-state index in [9.17, 15) is 5.11 Å². The first kappa shape index (κ1) is 8.62. The molecule has 1 aromatic heterocycles.